The van der Waals surface area contributed by atoms with E-state index in [2.05, 4.69) is 37.9 Å². The molecule has 0 aromatic rings. The van der Waals surface area contributed by atoms with Crippen molar-refractivity contribution in [2.45, 2.75) is 59.4 Å². The first kappa shape index (κ1) is 15.0. The average molecular weight is 240 g/mol. The molecule has 1 unspecified atom stereocenters. The molecule has 1 saturated carbocycles. The number of nitrogens with one attached hydrogen (secondary N) is 1. The van der Waals surface area contributed by atoms with Gasteiger partial charge in [0.25, 0.3) is 0 Å². The number of rotatable bonds is 10. The summed E-state index contributed by atoms with van der Waals surface area (Å²) in [4.78, 5) is 2.70. The lowest BCUT2D eigenvalue weighted by atomic mass is 10.1. The average Bonchev–Trinajstić information content (AvgIpc) is 3.07. The van der Waals surface area contributed by atoms with Crippen molar-refractivity contribution < 1.29 is 0 Å². The summed E-state index contributed by atoms with van der Waals surface area (Å²) < 4.78 is 0. The minimum absolute atomic E-state index is 0.746. The third-order valence-electron chi connectivity index (χ3n) is 3.62. The summed E-state index contributed by atoms with van der Waals surface area (Å²) in [6.07, 6.45) is 5.52. The first-order chi connectivity index (χ1) is 8.13. The molecule has 0 heterocycles. The molecule has 0 saturated heterocycles. The monoisotopic (exact) mass is 240 g/mol. The molecule has 0 radical (unpaired) electrons. The molecule has 0 aromatic heterocycles. The van der Waals surface area contributed by atoms with E-state index >= 15 is 0 Å². The van der Waals surface area contributed by atoms with Crippen LogP contribution in [0.25, 0.3) is 0 Å². The maximum absolute atomic E-state index is 3.55. The Balaban J connectivity index is 2.14. The Kier molecular flexibility index (Phi) is 7.14. The minimum atomic E-state index is 0.746. The second-order valence-electron chi connectivity index (χ2n) is 6.17. The van der Waals surface area contributed by atoms with E-state index in [0.717, 1.165) is 24.4 Å². The standard InChI is InChI=1S/C15H32N2/c1-5-10-17(12-15-6-7-15)14(4)8-9-16-11-13(2)3/h13-16H,5-12H2,1-4H3. The molecule has 0 aliphatic heterocycles. The summed E-state index contributed by atoms with van der Waals surface area (Å²) in [6.45, 7) is 14.2. The summed E-state index contributed by atoms with van der Waals surface area (Å²) in [6, 6.07) is 0.746. The zero-order valence-electron chi connectivity index (χ0n) is 12.3. The SMILES string of the molecule is CCCN(CC1CC1)C(C)CCNCC(C)C. The van der Waals surface area contributed by atoms with E-state index in [1.54, 1.807) is 0 Å². The zero-order chi connectivity index (χ0) is 12.7. The van der Waals surface area contributed by atoms with Gasteiger partial charge in [-0.1, -0.05) is 20.8 Å². The first-order valence-corrected chi connectivity index (χ1v) is 7.58. The van der Waals surface area contributed by atoms with Crippen molar-refractivity contribution in [2.24, 2.45) is 11.8 Å². The van der Waals surface area contributed by atoms with E-state index in [0.29, 0.717) is 0 Å². The van der Waals surface area contributed by atoms with Crippen LogP contribution in [0.5, 0.6) is 0 Å². The summed E-state index contributed by atoms with van der Waals surface area (Å²) >= 11 is 0. The Labute approximate surface area is 108 Å². The topological polar surface area (TPSA) is 15.3 Å². The highest BCUT2D eigenvalue weighted by molar-refractivity contribution is 4.80. The Hall–Kier alpha value is -0.0800. The summed E-state index contributed by atoms with van der Waals surface area (Å²) in [5.74, 6) is 1.79. The fraction of sp³-hybridized carbons (Fsp3) is 1.00. The van der Waals surface area contributed by atoms with Gasteiger partial charge in [0, 0.05) is 12.6 Å². The molecule has 1 rings (SSSR count). The van der Waals surface area contributed by atoms with Crippen molar-refractivity contribution >= 4 is 0 Å². The van der Waals surface area contributed by atoms with Gasteiger partial charge in [0.05, 0.1) is 0 Å². The molecular weight excluding hydrogens is 208 g/mol. The molecule has 2 nitrogen and oxygen atoms in total. The van der Waals surface area contributed by atoms with E-state index in [4.69, 9.17) is 0 Å². The molecule has 1 atom stereocenters. The molecular formula is C15H32N2. The van der Waals surface area contributed by atoms with Gasteiger partial charge >= 0.3 is 0 Å². The van der Waals surface area contributed by atoms with E-state index in [1.807, 2.05) is 0 Å². The fourth-order valence-corrected chi connectivity index (χ4v) is 2.30. The normalized spacial score (nSPS) is 18.0. The molecule has 1 N–H and O–H groups in total. The third kappa shape index (κ3) is 7.05. The summed E-state index contributed by atoms with van der Waals surface area (Å²) in [5, 5.41) is 3.55. The van der Waals surface area contributed by atoms with Crippen LogP contribution in [-0.4, -0.2) is 37.1 Å². The zero-order valence-corrected chi connectivity index (χ0v) is 12.3. The van der Waals surface area contributed by atoms with Crippen LogP contribution in [0.3, 0.4) is 0 Å². The Morgan fingerprint density at radius 2 is 1.94 bits per heavy atom. The molecule has 0 aromatic carbocycles. The highest BCUT2D eigenvalue weighted by Gasteiger charge is 2.25. The highest BCUT2D eigenvalue weighted by Crippen LogP contribution is 2.30. The van der Waals surface area contributed by atoms with Gasteiger partial charge in [-0.2, -0.15) is 0 Å². The van der Waals surface area contributed by atoms with Gasteiger partial charge in [0.2, 0.25) is 0 Å². The van der Waals surface area contributed by atoms with Gasteiger partial charge in [0.15, 0.2) is 0 Å². The molecule has 0 spiro atoms. The van der Waals surface area contributed by atoms with Crippen LogP contribution >= 0.6 is 0 Å². The molecule has 0 amide bonds. The predicted octanol–water partition coefficient (Wildman–Crippen LogP) is 3.13. The van der Waals surface area contributed by atoms with Crippen molar-refractivity contribution in [2.75, 3.05) is 26.2 Å². The molecule has 0 bridgehead atoms. The van der Waals surface area contributed by atoms with Gasteiger partial charge in [-0.15, -0.1) is 0 Å². The fourth-order valence-electron chi connectivity index (χ4n) is 2.30. The predicted molar refractivity (Wildman–Crippen MR) is 76.4 cm³/mol. The Morgan fingerprint density at radius 3 is 2.47 bits per heavy atom. The molecule has 2 heteroatoms. The number of nitrogens with zero attached hydrogens (tertiary/aromatic N) is 1. The molecule has 102 valence electrons. The van der Waals surface area contributed by atoms with Crippen molar-refractivity contribution in [1.29, 1.82) is 0 Å². The van der Waals surface area contributed by atoms with Gasteiger partial charge in [-0.05, 0) is 64.1 Å². The van der Waals surface area contributed by atoms with Crippen molar-refractivity contribution in [1.82, 2.24) is 10.2 Å². The summed E-state index contributed by atoms with van der Waals surface area (Å²) in [7, 11) is 0. The van der Waals surface area contributed by atoms with Gasteiger partial charge in [0.1, 0.15) is 0 Å². The minimum Gasteiger partial charge on any atom is -0.316 e. The van der Waals surface area contributed by atoms with Crippen LogP contribution < -0.4 is 5.32 Å². The van der Waals surface area contributed by atoms with Crippen molar-refractivity contribution in [3.8, 4) is 0 Å². The molecule has 1 fully saturated rings. The van der Waals surface area contributed by atoms with Crippen LogP contribution in [0.1, 0.15) is 53.4 Å². The second kappa shape index (κ2) is 8.10. The van der Waals surface area contributed by atoms with E-state index in [1.165, 1.54) is 45.3 Å². The van der Waals surface area contributed by atoms with Gasteiger partial charge in [-0.3, -0.25) is 0 Å². The quantitative estimate of drug-likeness (QED) is 0.590. The van der Waals surface area contributed by atoms with Crippen LogP contribution in [-0.2, 0) is 0 Å². The number of hydrogen-bond acceptors (Lipinski definition) is 2. The van der Waals surface area contributed by atoms with E-state index in [-0.39, 0.29) is 0 Å². The maximum Gasteiger partial charge on any atom is 0.00791 e. The third-order valence-corrected chi connectivity index (χ3v) is 3.62. The largest absolute Gasteiger partial charge is 0.316 e. The maximum atomic E-state index is 3.55. The smallest absolute Gasteiger partial charge is 0.00791 e. The van der Waals surface area contributed by atoms with Crippen molar-refractivity contribution in [3.63, 3.8) is 0 Å². The lowest BCUT2D eigenvalue weighted by Gasteiger charge is -2.29. The first-order valence-electron chi connectivity index (χ1n) is 7.58. The van der Waals surface area contributed by atoms with Crippen LogP contribution in [0.2, 0.25) is 0 Å². The second-order valence-corrected chi connectivity index (χ2v) is 6.17. The van der Waals surface area contributed by atoms with Crippen LogP contribution in [0, 0.1) is 11.8 Å². The lowest BCUT2D eigenvalue weighted by molar-refractivity contribution is 0.190. The summed E-state index contributed by atoms with van der Waals surface area (Å²) in [5.41, 5.74) is 0. The van der Waals surface area contributed by atoms with E-state index < -0.39 is 0 Å². The van der Waals surface area contributed by atoms with E-state index in [9.17, 15) is 0 Å². The molecule has 1 aliphatic carbocycles. The van der Waals surface area contributed by atoms with Crippen molar-refractivity contribution in [3.05, 3.63) is 0 Å². The lowest BCUT2D eigenvalue weighted by Crippen LogP contribution is -2.37. The molecule has 17 heavy (non-hydrogen) atoms. The number of hydrogen-bond donors (Lipinski definition) is 1. The Bertz CT molecular complexity index is 187. The van der Waals surface area contributed by atoms with Gasteiger partial charge < -0.3 is 10.2 Å². The van der Waals surface area contributed by atoms with Crippen LogP contribution in [0.15, 0.2) is 0 Å². The van der Waals surface area contributed by atoms with Crippen LogP contribution in [0.4, 0.5) is 0 Å². The van der Waals surface area contributed by atoms with Gasteiger partial charge in [-0.25, -0.2) is 0 Å². The molecule has 1 aliphatic rings. The Morgan fingerprint density at radius 1 is 1.24 bits per heavy atom. The highest BCUT2D eigenvalue weighted by atomic mass is 15.2.